The number of carbonyl (C=O) groups excluding carboxylic acids is 1. The minimum Gasteiger partial charge on any atom is -0.383 e. The lowest BCUT2D eigenvalue weighted by Gasteiger charge is -2.06. The Labute approximate surface area is 150 Å². The van der Waals surface area contributed by atoms with Crippen LogP contribution >= 0.6 is 23.1 Å². The van der Waals surface area contributed by atoms with Crippen LogP contribution in [0, 0.1) is 0 Å². The molecule has 0 aliphatic carbocycles. The lowest BCUT2D eigenvalue weighted by atomic mass is 10.1. The third-order valence-corrected chi connectivity index (χ3v) is 4.91. The van der Waals surface area contributed by atoms with Gasteiger partial charge in [-0.3, -0.25) is 5.32 Å². The third kappa shape index (κ3) is 6.52. The first-order valence-electron chi connectivity index (χ1n) is 7.04. The number of benzene rings is 1. The highest BCUT2D eigenvalue weighted by molar-refractivity contribution is 8.00. The fraction of sp³-hybridized carbons (Fsp3) is 0.357. The van der Waals surface area contributed by atoms with E-state index < -0.39 is 17.8 Å². The van der Waals surface area contributed by atoms with Crippen molar-refractivity contribution < 1.29 is 22.7 Å². The first-order valence-corrected chi connectivity index (χ1v) is 8.85. The van der Waals surface area contributed by atoms with Crippen LogP contribution in [0.3, 0.4) is 0 Å². The number of carbonyl (C=O) groups is 1. The number of hydrogen-bond donors (Lipinski definition) is 2. The molecule has 136 valence electrons. The van der Waals surface area contributed by atoms with Crippen LogP contribution in [0.5, 0.6) is 0 Å². The molecule has 0 saturated carbocycles. The number of alkyl halides is 3. The number of rotatable bonds is 7. The van der Waals surface area contributed by atoms with Gasteiger partial charge in [0.15, 0.2) is 4.34 Å². The minimum atomic E-state index is -4.34. The highest BCUT2D eigenvalue weighted by Crippen LogP contribution is 2.31. The van der Waals surface area contributed by atoms with E-state index in [1.807, 2.05) is 0 Å². The second-order valence-electron chi connectivity index (χ2n) is 4.73. The van der Waals surface area contributed by atoms with Gasteiger partial charge in [-0.1, -0.05) is 35.2 Å². The molecule has 2 N–H and O–H groups in total. The maximum absolute atomic E-state index is 12.5. The van der Waals surface area contributed by atoms with Crippen LogP contribution in [0.1, 0.15) is 11.1 Å². The Kier molecular flexibility index (Phi) is 7.02. The van der Waals surface area contributed by atoms with E-state index in [9.17, 15) is 18.0 Å². The van der Waals surface area contributed by atoms with Crippen molar-refractivity contribution in [3.05, 3.63) is 35.4 Å². The lowest BCUT2D eigenvalue weighted by molar-refractivity contribution is -0.137. The molecule has 2 aromatic rings. The third-order valence-electron chi connectivity index (χ3n) is 2.86. The molecule has 0 fully saturated rings. The number of urea groups is 1. The number of anilines is 1. The molecule has 0 radical (unpaired) electrons. The largest absolute Gasteiger partial charge is 0.416 e. The molecular formula is C14H15F3N4O2S2. The summed E-state index contributed by atoms with van der Waals surface area (Å²) in [5, 5.41) is 13.2. The summed E-state index contributed by atoms with van der Waals surface area (Å²) in [7, 11) is 1.53. The maximum atomic E-state index is 12.5. The van der Waals surface area contributed by atoms with Crippen molar-refractivity contribution in [3.8, 4) is 0 Å². The minimum absolute atomic E-state index is 0.338. The standard InChI is InChI=1S/C14H15F3N4O2S2/c1-23-7-6-18-11(22)19-12-20-21-13(25-12)24-8-9-2-4-10(5-3-9)14(15,16)17/h2-5H,6-8H2,1H3,(H2,18,19,20,22). The van der Waals surface area contributed by atoms with E-state index >= 15 is 0 Å². The molecule has 2 amide bonds. The Bertz CT molecular complexity index is 692. The number of nitrogens with zero attached hydrogens (tertiary/aromatic N) is 2. The van der Waals surface area contributed by atoms with Gasteiger partial charge < -0.3 is 10.1 Å². The molecule has 0 aliphatic rings. The fourth-order valence-electron chi connectivity index (χ4n) is 1.66. The Hall–Kier alpha value is -1.85. The lowest BCUT2D eigenvalue weighted by Crippen LogP contribution is -2.31. The first-order chi connectivity index (χ1) is 11.9. The predicted octanol–water partition coefficient (Wildman–Crippen LogP) is 3.62. The normalized spacial score (nSPS) is 11.4. The first kappa shape index (κ1) is 19.5. The summed E-state index contributed by atoms with van der Waals surface area (Å²) in [6, 6.07) is 4.55. The van der Waals surface area contributed by atoms with Gasteiger partial charge in [0.25, 0.3) is 0 Å². The van der Waals surface area contributed by atoms with Gasteiger partial charge in [-0.05, 0) is 17.7 Å². The van der Waals surface area contributed by atoms with E-state index in [1.165, 1.54) is 42.3 Å². The Morgan fingerprint density at radius 2 is 2.00 bits per heavy atom. The van der Waals surface area contributed by atoms with E-state index in [-0.39, 0.29) is 0 Å². The summed E-state index contributed by atoms with van der Waals surface area (Å²) in [5.74, 6) is 0.451. The van der Waals surface area contributed by atoms with Crippen LogP contribution in [0.4, 0.5) is 23.1 Å². The van der Waals surface area contributed by atoms with E-state index in [0.717, 1.165) is 17.7 Å². The molecule has 0 aliphatic heterocycles. The number of ether oxygens (including phenoxy) is 1. The number of aromatic nitrogens is 2. The number of amides is 2. The maximum Gasteiger partial charge on any atom is 0.416 e. The number of thioether (sulfide) groups is 1. The highest BCUT2D eigenvalue weighted by atomic mass is 32.2. The van der Waals surface area contributed by atoms with Crippen molar-refractivity contribution in [2.24, 2.45) is 0 Å². The molecular weight excluding hydrogens is 377 g/mol. The summed E-state index contributed by atoms with van der Waals surface area (Å²) < 4.78 is 42.9. The topological polar surface area (TPSA) is 76.1 Å². The molecule has 1 aromatic heterocycles. The van der Waals surface area contributed by atoms with Crippen LogP contribution in [0.25, 0.3) is 0 Å². The van der Waals surface area contributed by atoms with Crippen LogP contribution in [0.15, 0.2) is 28.6 Å². The number of halogens is 3. The quantitative estimate of drug-likeness (QED) is 0.428. The van der Waals surface area contributed by atoms with Crippen molar-refractivity contribution in [1.82, 2.24) is 15.5 Å². The number of nitrogens with one attached hydrogen (secondary N) is 2. The van der Waals surface area contributed by atoms with Crippen LogP contribution < -0.4 is 10.6 Å². The second-order valence-corrected chi connectivity index (χ2v) is 6.93. The van der Waals surface area contributed by atoms with Gasteiger partial charge in [0.2, 0.25) is 5.13 Å². The zero-order valence-electron chi connectivity index (χ0n) is 13.1. The van der Waals surface area contributed by atoms with Gasteiger partial charge in [-0.2, -0.15) is 13.2 Å². The molecule has 0 unspecified atom stereocenters. The van der Waals surface area contributed by atoms with Gasteiger partial charge in [0.05, 0.1) is 12.2 Å². The molecule has 25 heavy (non-hydrogen) atoms. The number of methoxy groups -OCH3 is 1. The summed E-state index contributed by atoms with van der Waals surface area (Å²) in [5.41, 5.74) is 0.0585. The predicted molar refractivity (Wildman–Crippen MR) is 89.8 cm³/mol. The SMILES string of the molecule is COCCNC(=O)Nc1nnc(SCc2ccc(C(F)(F)F)cc2)s1. The van der Waals surface area contributed by atoms with Crippen molar-refractivity contribution in [2.45, 2.75) is 16.3 Å². The summed E-state index contributed by atoms with van der Waals surface area (Å²) in [6.45, 7) is 0.772. The molecule has 2 rings (SSSR count). The van der Waals surface area contributed by atoms with Gasteiger partial charge in [0, 0.05) is 19.4 Å². The number of hydrogen-bond acceptors (Lipinski definition) is 6. The Balaban J connectivity index is 1.82. The molecule has 1 heterocycles. The summed E-state index contributed by atoms with van der Waals surface area (Å²) >= 11 is 2.51. The monoisotopic (exact) mass is 392 g/mol. The van der Waals surface area contributed by atoms with E-state index in [1.54, 1.807) is 0 Å². The van der Waals surface area contributed by atoms with E-state index in [2.05, 4.69) is 20.8 Å². The molecule has 11 heteroatoms. The average Bonchev–Trinajstić information content (AvgIpc) is 3.00. The van der Waals surface area contributed by atoms with Crippen molar-refractivity contribution in [2.75, 3.05) is 25.6 Å². The van der Waals surface area contributed by atoms with Crippen molar-refractivity contribution >= 4 is 34.3 Å². The molecule has 0 bridgehead atoms. The molecule has 0 atom stereocenters. The van der Waals surface area contributed by atoms with Gasteiger partial charge in [0.1, 0.15) is 0 Å². The summed E-state index contributed by atoms with van der Waals surface area (Å²) in [6.07, 6.45) is -4.34. The van der Waals surface area contributed by atoms with Crippen LogP contribution in [-0.4, -0.2) is 36.5 Å². The fourth-order valence-corrected chi connectivity index (χ4v) is 3.36. The molecule has 0 saturated heterocycles. The molecule has 6 nitrogen and oxygen atoms in total. The zero-order valence-corrected chi connectivity index (χ0v) is 14.7. The van der Waals surface area contributed by atoms with Crippen molar-refractivity contribution in [1.29, 1.82) is 0 Å². The van der Waals surface area contributed by atoms with Gasteiger partial charge >= 0.3 is 12.2 Å². The Morgan fingerprint density at radius 1 is 1.28 bits per heavy atom. The smallest absolute Gasteiger partial charge is 0.383 e. The zero-order chi connectivity index (χ0) is 18.3. The average molecular weight is 392 g/mol. The van der Waals surface area contributed by atoms with E-state index in [0.29, 0.717) is 28.4 Å². The Morgan fingerprint density at radius 3 is 2.64 bits per heavy atom. The summed E-state index contributed by atoms with van der Waals surface area (Å²) in [4.78, 5) is 11.6. The molecule has 1 aromatic carbocycles. The van der Waals surface area contributed by atoms with Crippen LogP contribution in [0.2, 0.25) is 0 Å². The van der Waals surface area contributed by atoms with Gasteiger partial charge in [-0.25, -0.2) is 4.79 Å². The second kappa shape index (κ2) is 9.02. The van der Waals surface area contributed by atoms with E-state index in [4.69, 9.17) is 4.74 Å². The van der Waals surface area contributed by atoms with Crippen LogP contribution in [-0.2, 0) is 16.7 Å². The molecule has 0 spiro atoms. The highest BCUT2D eigenvalue weighted by Gasteiger charge is 2.29. The van der Waals surface area contributed by atoms with Gasteiger partial charge in [-0.15, -0.1) is 10.2 Å². The van der Waals surface area contributed by atoms with Crippen molar-refractivity contribution in [3.63, 3.8) is 0 Å².